The van der Waals surface area contributed by atoms with Crippen molar-refractivity contribution in [2.75, 3.05) is 11.6 Å². The topological polar surface area (TPSA) is 79.3 Å². The molecule has 5 nitrogen and oxygen atoms in total. The van der Waals surface area contributed by atoms with Crippen molar-refractivity contribution in [3.8, 4) is 0 Å². The SMILES string of the molecule is CSc1ccccc1NC(=O)c1nc(C(=O)O)cs1. The fourth-order valence-corrected chi connectivity index (χ4v) is 2.64. The molecule has 0 fully saturated rings. The number of nitrogens with one attached hydrogen (secondary N) is 1. The molecule has 0 aliphatic heterocycles. The van der Waals surface area contributed by atoms with Crippen LogP contribution in [0.3, 0.4) is 0 Å². The highest BCUT2D eigenvalue weighted by Crippen LogP contribution is 2.25. The summed E-state index contributed by atoms with van der Waals surface area (Å²) in [5.41, 5.74) is 0.570. The van der Waals surface area contributed by atoms with Crippen LogP contribution in [0.15, 0.2) is 34.5 Å². The van der Waals surface area contributed by atoms with Crippen LogP contribution in [-0.4, -0.2) is 28.2 Å². The normalized spacial score (nSPS) is 10.2. The summed E-state index contributed by atoms with van der Waals surface area (Å²) in [5, 5.41) is 13.0. The van der Waals surface area contributed by atoms with Crippen LogP contribution in [0.25, 0.3) is 0 Å². The molecule has 2 rings (SSSR count). The number of thiazole rings is 1. The van der Waals surface area contributed by atoms with Gasteiger partial charge in [0.15, 0.2) is 10.7 Å². The number of rotatable bonds is 4. The van der Waals surface area contributed by atoms with Gasteiger partial charge in [-0.3, -0.25) is 4.79 Å². The van der Waals surface area contributed by atoms with Crippen LogP contribution in [0.2, 0.25) is 0 Å². The van der Waals surface area contributed by atoms with Crippen LogP contribution in [-0.2, 0) is 0 Å². The van der Waals surface area contributed by atoms with E-state index in [1.807, 2.05) is 24.5 Å². The number of amides is 1. The summed E-state index contributed by atoms with van der Waals surface area (Å²) in [4.78, 5) is 27.4. The minimum absolute atomic E-state index is 0.117. The second-order valence-corrected chi connectivity index (χ2v) is 5.20. The number of aromatic nitrogens is 1. The lowest BCUT2D eigenvalue weighted by Gasteiger charge is -2.07. The Labute approximate surface area is 117 Å². The third kappa shape index (κ3) is 3.12. The first-order chi connectivity index (χ1) is 9.11. The molecular formula is C12H10N2O3S2. The molecular weight excluding hydrogens is 284 g/mol. The first-order valence-electron chi connectivity index (χ1n) is 5.25. The van der Waals surface area contributed by atoms with Gasteiger partial charge >= 0.3 is 5.97 Å². The second-order valence-electron chi connectivity index (χ2n) is 3.50. The highest BCUT2D eigenvalue weighted by molar-refractivity contribution is 7.98. The molecule has 1 aromatic carbocycles. The molecule has 0 atom stereocenters. The van der Waals surface area contributed by atoms with E-state index in [-0.39, 0.29) is 10.7 Å². The average molecular weight is 294 g/mol. The maximum Gasteiger partial charge on any atom is 0.355 e. The molecule has 0 radical (unpaired) electrons. The van der Waals surface area contributed by atoms with Gasteiger partial charge in [-0.25, -0.2) is 9.78 Å². The van der Waals surface area contributed by atoms with E-state index in [1.54, 1.807) is 6.07 Å². The molecule has 2 aromatic rings. The van der Waals surface area contributed by atoms with Gasteiger partial charge in [-0.2, -0.15) is 0 Å². The predicted molar refractivity (Wildman–Crippen MR) is 75.2 cm³/mol. The molecule has 0 aliphatic rings. The number of hydrogen-bond acceptors (Lipinski definition) is 5. The summed E-state index contributed by atoms with van der Waals surface area (Å²) in [7, 11) is 0. The third-order valence-electron chi connectivity index (χ3n) is 2.27. The van der Waals surface area contributed by atoms with Crippen LogP contribution < -0.4 is 5.32 Å². The van der Waals surface area contributed by atoms with Gasteiger partial charge in [0.05, 0.1) is 5.69 Å². The second kappa shape index (κ2) is 5.85. The quantitative estimate of drug-likeness (QED) is 0.848. The lowest BCUT2D eigenvalue weighted by atomic mass is 10.3. The fourth-order valence-electron chi connectivity index (χ4n) is 1.40. The van der Waals surface area contributed by atoms with Crippen LogP contribution >= 0.6 is 23.1 Å². The summed E-state index contributed by atoms with van der Waals surface area (Å²) >= 11 is 2.52. The van der Waals surface area contributed by atoms with Crippen LogP contribution in [0.4, 0.5) is 5.69 Å². The number of carbonyl (C=O) groups excluding carboxylic acids is 1. The molecule has 98 valence electrons. The van der Waals surface area contributed by atoms with E-state index in [0.29, 0.717) is 5.69 Å². The number of para-hydroxylation sites is 1. The number of hydrogen-bond donors (Lipinski definition) is 2. The van der Waals surface area contributed by atoms with Crippen LogP contribution in [0, 0.1) is 0 Å². The Hall–Kier alpha value is -1.86. The van der Waals surface area contributed by atoms with E-state index >= 15 is 0 Å². The minimum Gasteiger partial charge on any atom is -0.476 e. The lowest BCUT2D eigenvalue weighted by molar-refractivity contribution is 0.0691. The van der Waals surface area contributed by atoms with Crippen LogP contribution in [0.5, 0.6) is 0 Å². The number of thioether (sulfide) groups is 1. The van der Waals surface area contributed by atoms with E-state index in [9.17, 15) is 9.59 Å². The molecule has 0 unspecified atom stereocenters. The molecule has 1 aromatic heterocycles. The predicted octanol–water partition coefficient (Wildman–Crippen LogP) is 2.82. The Bertz CT molecular complexity index is 625. The van der Waals surface area contributed by atoms with Crippen molar-refractivity contribution >= 4 is 40.7 Å². The summed E-state index contributed by atoms with van der Waals surface area (Å²) in [6.07, 6.45) is 1.91. The molecule has 0 spiro atoms. The summed E-state index contributed by atoms with van der Waals surface area (Å²) < 4.78 is 0. The van der Waals surface area contributed by atoms with E-state index in [2.05, 4.69) is 10.3 Å². The zero-order valence-corrected chi connectivity index (χ0v) is 11.5. The van der Waals surface area contributed by atoms with Crippen molar-refractivity contribution in [1.29, 1.82) is 0 Å². The number of carboxylic acid groups (broad SMARTS) is 1. The van der Waals surface area contributed by atoms with Gasteiger partial charge in [0, 0.05) is 10.3 Å². The van der Waals surface area contributed by atoms with Crippen molar-refractivity contribution in [3.05, 3.63) is 40.3 Å². The maximum absolute atomic E-state index is 12.0. The van der Waals surface area contributed by atoms with Gasteiger partial charge in [0.2, 0.25) is 0 Å². The van der Waals surface area contributed by atoms with E-state index in [1.165, 1.54) is 17.1 Å². The number of carboxylic acids is 1. The Morgan fingerprint density at radius 3 is 2.74 bits per heavy atom. The van der Waals surface area contributed by atoms with Gasteiger partial charge in [0.1, 0.15) is 0 Å². The zero-order chi connectivity index (χ0) is 13.8. The fraction of sp³-hybridized carbons (Fsp3) is 0.0833. The third-order valence-corrected chi connectivity index (χ3v) is 3.91. The molecule has 0 bridgehead atoms. The largest absolute Gasteiger partial charge is 0.476 e. The number of benzene rings is 1. The van der Waals surface area contributed by atoms with Gasteiger partial charge < -0.3 is 10.4 Å². The Kier molecular flexibility index (Phi) is 4.18. The highest BCUT2D eigenvalue weighted by Gasteiger charge is 2.15. The summed E-state index contributed by atoms with van der Waals surface area (Å²) in [5.74, 6) is -1.54. The van der Waals surface area contributed by atoms with Crippen molar-refractivity contribution < 1.29 is 14.7 Å². The number of aromatic carboxylic acids is 1. The minimum atomic E-state index is -1.14. The van der Waals surface area contributed by atoms with E-state index in [4.69, 9.17) is 5.11 Å². The molecule has 7 heteroatoms. The molecule has 19 heavy (non-hydrogen) atoms. The number of nitrogens with zero attached hydrogens (tertiary/aromatic N) is 1. The van der Waals surface area contributed by atoms with Crippen LogP contribution in [0.1, 0.15) is 20.3 Å². The Morgan fingerprint density at radius 2 is 2.11 bits per heavy atom. The first-order valence-corrected chi connectivity index (χ1v) is 7.35. The number of anilines is 1. The van der Waals surface area contributed by atoms with Crippen molar-refractivity contribution in [3.63, 3.8) is 0 Å². The van der Waals surface area contributed by atoms with Gasteiger partial charge in [0.25, 0.3) is 5.91 Å². The molecule has 0 aliphatic carbocycles. The Morgan fingerprint density at radius 1 is 1.37 bits per heavy atom. The van der Waals surface area contributed by atoms with Gasteiger partial charge in [-0.15, -0.1) is 23.1 Å². The zero-order valence-electron chi connectivity index (χ0n) is 9.91. The van der Waals surface area contributed by atoms with Gasteiger partial charge in [-0.05, 0) is 18.4 Å². The highest BCUT2D eigenvalue weighted by atomic mass is 32.2. The average Bonchev–Trinajstić information content (AvgIpc) is 2.89. The number of carbonyl (C=O) groups is 2. The van der Waals surface area contributed by atoms with Gasteiger partial charge in [-0.1, -0.05) is 12.1 Å². The summed E-state index contributed by atoms with van der Waals surface area (Å²) in [6, 6.07) is 7.38. The molecule has 0 saturated heterocycles. The van der Waals surface area contributed by atoms with E-state index < -0.39 is 11.9 Å². The molecule has 1 amide bonds. The maximum atomic E-state index is 12.0. The molecule has 2 N–H and O–H groups in total. The lowest BCUT2D eigenvalue weighted by Crippen LogP contribution is -2.12. The monoisotopic (exact) mass is 294 g/mol. The molecule has 0 saturated carbocycles. The van der Waals surface area contributed by atoms with E-state index in [0.717, 1.165) is 16.2 Å². The first kappa shape index (κ1) is 13.6. The van der Waals surface area contributed by atoms with Crippen molar-refractivity contribution in [2.45, 2.75) is 4.90 Å². The standard InChI is InChI=1S/C12H10N2O3S2/c1-18-9-5-3-2-4-7(9)13-10(15)11-14-8(6-19-11)12(16)17/h2-6H,1H3,(H,13,15)(H,16,17). The van der Waals surface area contributed by atoms with Crippen molar-refractivity contribution in [2.24, 2.45) is 0 Å². The summed E-state index contributed by atoms with van der Waals surface area (Å²) in [6.45, 7) is 0. The van der Waals surface area contributed by atoms with Crippen molar-refractivity contribution in [1.82, 2.24) is 4.98 Å². The molecule has 1 heterocycles. The Balaban J connectivity index is 2.18. The smallest absolute Gasteiger partial charge is 0.355 e.